The maximum atomic E-state index is 11.5. The Kier molecular flexibility index (Phi) is 4.51. The number of nitrogens with zero attached hydrogens (tertiary/aromatic N) is 1. The first-order valence-corrected chi connectivity index (χ1v) is 5.04. The molecule has 0 spiro atoms. The standard InChI is InChI=1S/C12H15NO4/c1-13(8-14)12(15)7-9-4-5-10(16-2)11(6-9)17-3/h4-6,8H,7H2,1-3H3. The predicted octanol–water partition coefficient (Wildman–Crippen LogP) is 0.861. The molecule has 2 amide bonds. The van der Waals surface area contributed by atoms with Gasteiger partial charge in [0.05, 0.1) is 20.6 Å². The summed E-state index contributed by atoms with van der Waals surface area (Å²) in [5, 5.41) is 0. The van der Waals surface area contributed by atoms with E-state index in [1.807, 2.05) is 0 Å². The summed E-state index contributed by atoms with van der Waals surface area (Å²) in [7, 11) is 4.50. The molecular formula is C12H15NO4. The summed E-state index contributed by atoms with van der Waals surface area (Å²) >= 11 is 0. The number of methoxy groups -OCH3 is 2. The number of benzene rings is 1. The molecule has 1 rings (SSSR count). The van der Waals surface area contributed by atoms with E-state index >= 15 is 0 Å². The van der Waals surface area contributed by atoms with E-state index in [1.165, 1.54) is 14.2 Å². The van der Waals surface area contributed by atoms with Gasteiger partial charge in [-0.2, -0.15) is 0 Å². The number of rotatable bonds is 5. The van der Waals surface area contributed by atoms with E-state index in [-0.39, 0.29) is 12.3 Å². The van der Waals surface area contributed by atoms with E-state index in [0.717, 1.165) is 10.5 Å². The Labute approximate surface area is 99.9 Å². The first-order chi connectivity index (χ1) is 8.12. The fourth-order valence-corrected chi connectivity index (χ4v) is 1.35. The maximum Gasteiger partial charge on any atom is 0.233 e. The van der Waals surface area contributed by atoms with Crippen LogP contribution in [0.4, 0.5) is 0 Å². The van der Waals surface area contributed by atoms with Gasteiger partial charge in [-0.05, 0) is 17.7 Å². The van der Waals surface area contributed by atoms with Crippen molar-refractivity contribution in [1.82, 2.24) is 4.90 Å². The van der Waals surface area contributed by atoms with Crippen LogP contribution in [0.15, 0.2) is 18.2 Å². The highest BCUT2D eigenvalue weighted by molar-refractivity contribution is 5.87. The number of hydrogen-bond donors (Lipinski definition) is 0. The van der Waals surface area contributed by atoms with Crippen LogP contribution >= 0.6 is 0 Å². The molecule has 17 heavy (non-hydrogen) atoms. The number of ether oxygens (including phenoxy) is 2. The second-order valence-corrected chi connectivity index (χ2v) is 3.48. The van der Waals surface area contributed by atoms with Crippen LogP contribution < -0.4 is 9.47 Å². The third-order valence-electron chi connectivity index (χ3n) is 2.35. The fraction of sp³-hybridized carbons (Fsp3) is 0.333. The number of carbonyl (C=O) groups excluding carboxylic acids is 2. The molecule has 0 aliphatic rings. The first kappa shape index (κ1) is 13.0. The summed E-state index contributed by atoms with van der Waals surface area (Å²) in [5.41, 5.74) is 0.765. The molecule has 92 valence electrons. The topological polar surface area (TPSA) is 55.8 Å². The molecule has 5 heteroatoms. The van der Waals surface area contributed by atoms with E-state index < -0.39 is 0 Å². The molecule has 1 aromatic carbocycles. The molecule has 0 aliphatic heterocycles. The van der Waals surface area contributed by atoms with Gasteiger partial charge in [-0.25, -0.2) is 0 Å². The van der Waals surface area contributed by atoms with Crippen molar-refractivity contribution in [2.75, 3.05) is 21.3 Å². The highest BCUT2D eigenvalue weighted by Crippen LogP contribution is 2.27. The van der Waals surface area contributed by atoms with Crippen molar-refractivity contribution in [1.29, 1.82) is 0 Å². The van der Waals surface area contributed by atoms with Crippen molar-refractivity contribution in [2.24, 2.45) is 0 Å². The highest BCUT2D eigenvalue weighted by Gasteiger charge is 2.11. The van der Waals surface area contributed by atoms with Crippen LogP contribution in [0.5, 0.6) is 11.5 Å². The summed E-state index contributed by atoms with van der Waals surface area (Å²) in [5.74, 6) is 0.895. The Morgan fingerprint density at radius 2 is 1.94 bits per heavy atom. The van der Waals surface area contributed by atoms with Crippen molar-refractivity contribution in [3.05, 3.63) is 23.8 Å². The van der Waals surface area contributed by atoms with Crippen LogP contribution in [0, 0.1) is 0 Å². The minimum Gasteiger partial charge on any atom is -0.493 e. The van der Waals surface area contributed by atoms with E-state index in [9.17, 15) is 9.59 Å². The van der Waals surface area contributed by atoms with Gasteiger partial charge in [0.15, 0.2) is 11.5 Å². The molecule has 0 aliphatic carbocycles. The number of carbonyl (C=O) groups is 2. The van der Waals surface area contributed by atoms with E-state index in [1.54, 1.807) is 25.3 Å². The molecule has 0 unspecified atom stereocenters. The average Bonchev–Trinajstić information content (AvgIpc) is 2.37. The predicted molar refractivity (Wildman–Crippen MR) is 62.1 cm³/mol. The Balaban J connectivity index is 2.86. The summed E-state index contributed by atoms with van der Waals surface area (Å²) < 4.78 is 10.2. The molecule has 0 saturated heterocycles. The van der Waals surface area contributed by atoms with Gasteiger partial charge in [0.25, 0.3) is 0 Å². The Bertz CT molecular complexity index is 417. The van der Waals surface area contributed by atoms with Gasteiger partial charge in [0.1, 0.15) is 0 Å². The average molecular weight is 237 g/mol. The maximum absolute atomic E-state index is 11.5. The van der Waals surface area contributed by atoms with Gasteiger partial charge < -0.3 is 9.47 Å². The van der Waals surface area contributed by atoms with Gasteiger partial charge in [0.2, 0.25) is 12.3 Å². The van der Waals surface area contributed by atoms with Crippen molar-refractivity contribution < 1.29 is 19.1 Å². The summed E-state index contributed by atoms with van der Waals surface area (Å²) in [6.07, 6.45) is 0.638. The smallest absolute Gasteiger partial charge is 0.233 e. The third-order valence-corrected chi connectivity index (χ3v) is 2.35. The van der Waals surface area contributed by atoms with E-state index in [0.29, 0.717) is 17.9 Å². The number of amides is 2. The number of hydrogen-bond acceptors (Lipinski definition) is 4. The molecule has 0 fully saturated rings. The Morgan fingerprint density at radius 3 is 2.47 bits per heavy atom. The first-order valence-electron chi connectivity index (χ1n) is 5.04. The quantitative estimate of drug-likeness (QED) is 0.713. The minimum atomic E-state index is -0.271. The lowest BCUT2D eigenvalue weighted by Crippen LogP contribution is -2.26. The summed E-state index contributed by atoms with van der Waals surface area (Å²) in [6, 6.07) is 5.20. The molecule has 0 heterocycles. The number of likely N-dealkylation sites (N-methyl/N-ethyl adjacent to an activating group) is 1. The Hall–Kier alpha value is -2.04. The lowest BCUT2D eigenvalue weighted by Gasteiger charge is -2.11. The lowest BCUT2D eigenvalue weighted by atomic mass is 10.1. The van der Waals surface area contributed by atoms with Gasteiger partial charge in [-0.3, -0.25) is 14.5 Å². The molecule has 1 aromatic rings. The zero-order valence-electron chi connectivity index (χ0n) is 10.1. The van der Waals surface area contributed by atoms with Crippen LogP contribution in [-0.2, 0) is 16.0 Å². The highest BCUT2D eigenvalue weighted by atomic mass is 16.5. The largest absolute Gasteiger partial charge is 0.493 e. The zero-order valence-corrected chi connectivity index (χ0v) is 10.1. The second-order valence-electron chi connectivity index (χ2n) is 3.48. The van der Waals surface area contributed by atoms with Crippen LogP contribution in [0.25, 0.3) is 0 Å². The van der Waals surface area contributed by atoms with Crippen LogP contribution in [0.2, 0.25) is 0 Å². The van der Waals surface area contributed by atoms with Gasteiger partial charge in [-0.15, -0.1) is 0 Å². The van der Waals surface area contributed by atoms with E-state index in [4.69, 9.17) is 9.47 Å². The normalized spacial score (nSPS) is 9.59. The second kappa shape index (κ2) is 5.89. The van der Waals surface area contributed by atoms with Crippen LogP contribution in [-0.4, -0.2) is 38.5 Å². The summed E-state index contributed by atoms with van der Waals surface area (Å²) in [6.45, 7) is 0. The van der Waals surface area contributed by atoms with Crippen molar-refractivity contribution in [3.8, 4) is 11.5 Å². The van der Waals surface area contributed by atoms with Gasteiger partial charge in [0, 0.05) is 7.05 Å². The van der Waals surface area contributed by atoms with Gasteiger partial charge in [-0.1, -0.05) is 6.07 Å². The van der Waals surface area contributed by atoms with Crippen LogP contribution in [0.3, 0.4) is 0 Å². The lowest BCUT2D eigenvalue weighted by molar-refractivity contribution is -0.135. The minimum absolute atomic E-state index is 0.148. The molecule has 0 saturated carbocycles. The van der Waals surface area contributed by atoms with Crippen molar-refractivity contribution >= 4 is 12.3 Å². The zero-order chi connectivity index (χ0) is 12.8. The third kappa shape index (κ3) is 3.21. The van der Waals surface area contributed by atoms with Gasteiger partial charge >= 0.3 is 0 Å². The number of imide groups is 1. The molecule has 0 aromatic heterocycles. The molecular weight excluding hydrogens is 222 g/mol. The molecule has 0 radical (unpaired) electrons. The fourth-order valence-electron chi connectivity index (χ4n) is 1.35. The SMILES string of the molecule is COc1ccc(CC(=O)N(C)C=O)cc1OC. The molecule has 5 nitrogen and oxygen atoms in total. The van der Waals surface area contributed by atoms with E-state index in [2.05, 4.69) is 0 Å². The monoisotopic (exact) mass is 237 g/mol. The summed E-state index contributed by atoms with van der Waals surface area (Å²) in [4.78, 5) is 23.0. The van der Waals surface area contributed by atoms with Crippen LogP contribution in [0.1, 0.15) is 5.56 Å². The molecule has 0 bridgehead atoms. The molecule has 0 N–H and O–H groups in total. The van der Waals surface area contributed by atoms with Crippen molar-refractivity contribution in [2.45, 2.75) is 6.42 Å². The Morgan fingerprint density at radius 1 is 1.29 bits per heavy atom. The molecule has 0 atom stereocenters. The van der Waals surface area contributed by atoms with Crippen molar-refractivity contribution in [3.63, 3.8) is 0 Å².